The Balaban J connectivity index is 2.39. The maximum absolute atomic E-state index is 10.7. The van der Waals surface area contributed by atoms with Crippen molar-refractivity contribution >= 4 is 28.1 Å². The second kappa shape index (κ2) is 4.07. The van der Waals surface area contributed by atoms with Gasteiger partial charge in [-0.05, 0) is 32.1 Å². The summed E-state index contributed by atoms with van der Waals surface area (Å²) < 4.78 is 11.6. The molecule has 4 nitrogen and oxygen atoms in total. The summed E-state index contributed by atoms with van der Waals surface area (Å²) in [5, 5.41) is 0. The van der Waals surface area contributed by atoms with E-state index >= 15 is 0 Å². The van der Waals surface area contributed by atoms with Crippen LogP contribution >= 0.6 is 15.9 Å². The predicted octanol–water partition coefficient (Wildman–Crippen LogP) is 3.05. The third kappa shape index (κ3) is 2.44. The average molecular weight is 298 g/mol. The van der Waals surface area contributed by atoms with Gasteiger partial charge < -0.3 is 15.2 Å². The van der Waals surface area contributed by atoms with E-state index in [1.165, 1.54) is 0 Å². The molecule has 1 aliphatic rings. The normalized spacial score (nSPS) is 16.5. The molecular formula is C12H12BrNO3. The molecule has 5 heteroatoms. The van der Waals surface area contributed by atoms with Crippen molar-refractivity contribution in [2.24, 2.45) is 5.73 Å². The molecule has 1 aliphatic heterocycles. The highest BCUT2D eigenvalue weighted by molar-refractivity contribution is 9.11. The number of fused-ring (bicyclic) bond motifs is 1. The number of carbonyl (C=O) groups is 1. The SMILES string of the molecule is CC1(C)Oc2cc(OC(N)=O)ccc2C=C1Br. The smallest absolute Gasteiger partial charge is 0.409 e. The number of halogens is 1. The molecule has 0 spiro atoms. The van der Waals surface area contributed by atoms with Crippen LogP contribution in [-0.4, -0.2) is 11.7 Å². The first-order chi connectivity index (χ1) is 7.88. The average Bonchev–Trinajstić information content (AvgIpc) is 2.18. The van der Waals surface area contributed by atoms with Gasteiger partial charge in [0.05, 0.1) is 0 Å². The second-order valence-electron chi connectivity index (χ2n) is 4.23. The fourth-order valence-electron chi connectivity index (χ4n) is 1.54. The Bertz CT molecular complexity index is 508. The van der Waals surface area contributed by atoms with Crippen molar-refractivity contribution < 1.29 is 14.3 Å². The zero-order chi connectivity index (χ0) is 12.6. The highest BCUT2D eigenvalue weighted by Gasteiger charge is 2.28. The largest absolute Gasteiger partial charge is 0.482 e. The lowest BCUT2D eigenvalue weighted by Gasteiger charge is -2.31. The number of primary amides is 1. The molecule has 0 bridgehead atoms. The predicted molar refractivity (Wildman–Crippen MR) is 68.3 cm³/mol. The lowest BCUT2D eigenvalue weighted by Crippen LogP contribution is -2.30. The van der Waals surface area contributed by atoms with Crippen LogP contribution in [0.1, 0.15) is 19.4 Å². The Kier molecular flexibility index (Phi) is 2.87. The van der Waals surface area contributed by atoms with Crippen LogP contribution in [0.4, 0.5) is 4.79 Å². The summed E-state index contributed by atoms with van der Waals surface area (Å²) >= 11 is 3.47. The van der Waals surface area contributed by atoms with Gasteiger partial charge >= 0.3 is 6.09 Å². The molecule has 0 unspecified atom stereocenters. The lowest BCUT2D eigenvalue weighted by molar-refractivity contribution is 0.155. The van der Waals surface area contributed by atoms with E-state index < -0.39 is 11.7 Å². The molecule has 1 heterocycles. The Labute approximate surface area is 108 Å². The molecule has 1 aromatic rings. The summed E-state index contributed by atoms with van der Waals surface area (Å²) in [6, 6.07) is 5.13. The molecule has 17 heavy (non-hydrogen) atoms. The van der Waals surface area contributed by atoms with Gasteiger partial charge in [0, 0.05) is 16.1 Å². The van der Waals surface area contributed by atoms with E-state index in [9.17, 15) is 4.79 Å². The Morgan fingerprint density at radius 3 is 2.82 bits per heavy atom. The number of nitrogens with two attached hydrogens (primary N) is 1. The van der Waals surface area contributed by atoms with Crippen LogP contribution in [0.3, 0.4) is 0 Å². The first kappa shape index (κ1) is 12.0. The standard InChI is InChI=1S/C12H12BrNO3/c1-12(2)10(13)5-7-3-4-8(16-11(14)15)6-9(7)17-12/h3-6H,1-2H3,(H2,14,15). The van der Waals surface area contributed by atoms with Crippen molar-refractivity contribution in [3.63, 3.8) is 0 Å². The van der Waals surface area contributed by atoms with Crippen LogP contribution in [0, 0.1) is 0 Å². The maximum atomic E-state index is 10.7. The number of ether oxygens (including phenoxy) is 2. The molecule has 0 radical (unpaired) electrons. The van der Waals surface area contributed by atoms with E-state index in [2.05, 4.69) is 15.9 Å². The molecule has 2 rings (SSSR count). The Morgan fingerprint density at radius 1 is 1.47 bits per heavy atom. The van der Waals surface area contributed by atoms with Crippen molar-refractivity contribution in [1.82, 2.24) is 0 Å². The van der Waals surface area contributed by atoms with Crippen molar-refractivity contribution in [3.05, 3.63) is 28.2 Å². The lowest BCUT2D eigenvalue weighted by atomic mass is 10.0. The summed E-state index contributed by atoms with van der Waals surface area (Å²) in [5.74, 6) is 1.04. The van der Waals surface area contributed by atoms with Gasteiger partial charge in [0.1, 0.15) is 17.1 Å². The number of hydrogen-bond donors (Lipinski definition) is 1. The highest BCUT2D eigenvalue weighted by atomic mass is 79.9. The van der Waals surface area contributed by atoms with E-state index in [1.54, 1.807) is 12.1 Å². The number of hydrogen-bond acceptors (Lipinski definition) is 3. The minimum atomic E-state index is -0.836. The van der Waals surface area contributed by atoms with Crippen LogP contribution in [0.2, 0.25) is 0 Å². The van der Waals surface area contributed by atoms with Crippen LogP contribution in [0.5, 0.6) is 11.5 Å². The van der Waals surface area contributed by atoms with E-state index in [0.29, 0.717) is 11.5 Å². The van der Waals surface area contributed by atoms with E-state index in [4.69, 9.17) is 15.2 Å². The van der Waals surface area contributed by atoms with Crippen LogP contribution in [-0.2, 0) is 0 Å². The Morgan fingerprint density at radius 2 is 2.18 bits per heavy atom. The molecule has 0 fully saturated rings. The molecular weight excluding hydrogens is 286 g/mol. The summed E-state index contributed by atoms with van der Waals surface area (Å²) in [6.45, 7) is 3.89. The third-order valence-corrected chi connectivity index (χ3v) is 3.61. The van der Waals surface area contributed by atoms with Gasteiger partial charge in [-0.3, -0.25) is 0 Å². The number of carbonyl (C=O) groups excluding carboxylic acids is 1. The fraction of sp³-hybridized carbons (Fsp3) is 0.250. The van der Waals surface area contributed by atoms with Gasteiger partial charge in [0.25, 0.3) is 0 Å². The summed E-state index contributed by atoms with van der Waals surface area (Å²) in [7, 11) is 0. The van der Waals surface area contributed by atoms with Gasteiger partial charge in [0.15, 0.2) is 0 Å². The van der Waals surface area contributed by atoms with Crippen molar-refractivity contribution in [1.29, 1.82) is 0 Å². The summed E-state index contributed by atoms with van der Waals surface area (Å²) in [5.41, 5.74) is 5.45. The maximum Gasteiger partial charge on any atom is 0.409 e. The topological polar surface area (TPSA) is 61.6 Å². The van der Waals surface area contributed by atoms with E-state index in [1.807, 2.05) is 26.0 Å². The molecule has 1 amide bonds. The first-order valence-corrected chi connectivity index (χ1v) is 5.86. The molecule has 1 aromatic carbocycles. The molecule has 0 atom stereocenters. The molecule has 2 N–H and O–H groups in total. The second-order valence-corrected chi connectivity index (χ2v) is 5.08. The molecule has 0 aliphatic carbocycles. The minimum absolute atomic E-state index is 0.374. The summed E-state index contributed by atoms with van der Waals surface area (Å²) in [4.78, 5) is 10.7. The first-order valence-electron chi connectivity index (χ1n) is 5.06. The van der Waals surface area contributed by atoms with Gasteiger partial charge in [-0.25, -0.2) is 4.79 Å². The fourth-order valence-corrected chi connectivity index (χ4v) is 1.86. The van der Waals surface area contributed by atoms with E-state index in [0.717, 1.165) is 10.0 Å². The Hall–Kier alpha value is -1.49. The van der Waals surface area contributed by atoms with E-state index in [-0.39, 0.29) is 0 Å². The molecule has 90 valence electrons. The molecule has 0 saturated carbocycles. The number of benzene rings is 1. The van der Waals surface area contributed by atoms with Crippen LogP contribution in [0.15, 0.2) is 22.7 Å². The van der Waals surface area contributed by atoms with Gasteiger partial charge in [0.2, 0.25) is 0 Å². The molecule has 0 aromatic heterocycles. The van der Waals surface area contributed by atoms with Crippen LogP contribution in [0.25, 0.3) is 6.08 Å². The highest BCUT2D eigenvalue weighted by Crippen LogP contribution is 2.39. The molecule has 0 saturated heterocycles. The van der Waals surface area contributed by atoms with Crippen molar-refractivity contribution in [2.75, 3.05) is 0 Å². The monoisotopic (exact) mass is 297 g/mol. The zero-order valence-electron chi connectivity index (χ0n) is 9.49. The van der Waals surface area contributed by atoms with Gasteiger partial charge in [-0.2, -0.15) is 0 Å². The summed E-state index contributed by atoms with van der Waals surface area (Å²) in [6.07, 6.45) is 1.14. The number of rotatable bonds is 1. The number of amides is 1. The van der Waals surface area contributed by atoms with Gasteiger partial charge in [-0.15, -0.1) is 0 Å². The van der Waals surface area contributed by atoms with Crippen molar-refractivity contribution in [3.8, 4) is 11.5 Å². The third-order valence-electron chi connectivity index (χ3n) is 2.43. The van der Waals surface area contributed by atoms with Crippen molar-refractivity contribution in [2.45, 2.75) is 19.4 Å². The minimum Gasteiger partial charge on any atom is -0.482 e. The van der Waals surface area contributed by atoms with Gasteiger partial charge in [-0.1, -0.05) is 15.9 Å². The zero-order valence-corrected chi connectivity index (χ0v) is 11.1. The quantitative estimate of drug-likeness (QED) is 0.866. The van der Waals surface area contributed by atoms with Crippen LogP contribution < -0.4 is 15.2 Å².